The van der Waals surface area contributed by atoms with E-state index in [4.69, 9.17) is 0 Å². The van der Waals surface area contributed by atoms with Crippen LogP contribution in [0.3, 0.4) is 0 Å². The van der Waals surface area contributed by atoms with E-state index in [-0.39, 0.29) is 11.4 Å². The summed E-state index contributed by atoms with van der Waals surface area (Å²) < 4.78 is 27.8. The molecule has 0 aliphatic carbocycles. The van der Waals surface area contributed by atoms with Gasteiger partial charge < -0.3 is 0 Å². The summed E-state index contributed by atoms with van der Waals surface area (Å²) in [5, 5.41) is 0. The highest BCUT2D eigenvalue weighted by Gasteiger charge is 2.01. The molecular formula is C24H16F2. The van der Waals surface area contributed by atoms with Crippen molar-refractivity contribution in [2.24, 2.45) is 0 Å². The summed E-state index contributed by atoms with van der Waals surface area (Å²) in [5.74, 6) is 10.7. The SMILES string of the molecule is Cc1ccc(C#Cc2ccc(C#Cc3ccc(C)c(F)c3)c(F)c2)cc1. The molecule has 0 bridgehead atoms. The van der Waals surface area contributed by atoms with E-state index in [9.17, 15) is 8.78 Å². The first-order valence-electron chi connectivity index (χ1n) is 8.18. The lowest BCUT2D eigenvalue weighted by molar-refractivity contribution is 0.618. The first-order valence-corrected chi connectivity index (χ1v) is 8.18. The van der Waals surface area contributed by atoms with Crippen LogP contribution in [0.4, 0.5) is 8.78 Å². The van der Waals surface area contributed by atoms with Crippen molar-refractivity contribution in [3.8, 4) is 23.7 Å². The molecule has 2 heteroatoms. The largest absolute Gasteiger partial charge is 0.207 e. The Balaban J connectivity index is 1.81. The van der Waals surface area contributed by atoms with Crippen molar-refractivity contribution < 1.29 is 8.78 Å². The molecule has 0 nitrogen and oxygen atoms in total. The molecule has 0 aliphatic heterocycles. The lowest BCUT2D eigenvalue weighted by Crippen LogP contribution is -1.87. The molecular weight excluding hydrogens is 326 g/mol. The topological polar surface area (TPSA) is 0 Å². The first kappa shape index (κ1) is 17.5. The van der Waals surface area contributed by atoms with Crippen LogP contribution in [0.5, 0.6) is 0 Å². The van der Waals surface area contributed by atoms with E-state index in [2.05, 4.69) is 23.7 Å². The molecule has 0 heterocycles. The van der Waals surface area contributed by atoms with Gasteiger partial charge in [0.2, 0.25) is 0 Å². The lowest BCUT2D eigenvalue weighted by atomic mass is 10.1. The van der Waals surface area contributed by atoms with Crippen LogP contribution in [-0.4, -0.2) is 0 Å². The maximum Gasteiger partial charge on any atom is 0.140 e. The van der Waals surface area contributed by atoms with Gasteiger partial charge in [0.25, 0.3) is 0 Å². The van der Waals surface area contributed by atoms with E-state index >= 15 is 0 Å². The van der Waals surface area contributed by atoms with Crippen molar-refractivity contribution in [3.05, 3.63) is 106 Å². The zero-order chi connectivity index (χ0) is 18.5. The summed E-state index contributed by atoms with van der Waals surface area (Å²) in [7, 11) is 0. The van der Waals surface area contributed by atoms with Crippen LogP contribution in [0.25, 0.3) is 0 Å². The van der Waals surface area contributed by atoms with Gasteiger partial charge in [-0.15, -0.1) is 0 Å². The summed E-state index contributed by atoms with van der Waals surface area (Å²) in [6, 6.07) is 17.2. The zero-order valence-electron chi connectivity index (χ0n) is 14.5. The van der Waals surface area contributed by atoms with Crippen LogP contribution < -0.4 is 0 Å². The van der Waals surface area contributed by atoms with E-state index < -0.39 is 5.82 Å². The third kappa shape index (κ3) is 4.38. The Morgan fingerprint density at radius 1 is 0.577 bits per heavy atom. The van der Waals surface area contributed by atoms with Crippen molar-refractivity contribution in [2.45, 2.75) is 13.8 Å². The molecule has 0 aliphatic rings. The van der Waals surface area contributed by atoms with Crippen molar-refractivity contribution in [3.63, 3.8) is 0 Å². The van der Waals surface area contributed by atoms with E-state index in [0.29, 0.717) is 16.7 Å². The summed E-state index contributed by atoms with van der Waals surface area (Å²) in [6.45, 7) is 3.69. The van der Waals surface area contributed by atoms with Gasteiger partial charge in [-0.25, -0.2) is 8.78 Å². The van der Waals surface area contributed by atoms with Crippen molar-refractivity contribution >= 4 is 0 Å². The minimum Gasteiger partial charge on any atom is -0.207 e. The smallest absolute Gasteiger partial charge is 0.140 e. The Kier molecular flexibility index (Phi) is 5.16. The van der Waals surface area contributed by atoms with Crippen molar-refractivity contribution in [2.75, 3.05) is 0 Å². The molecule has 0 atom stereocenters. The third-order valence-electron chi connectivity index (χ3n) is 3.89. The minimum atomic E-state index is -0.444. The summed E-state index contributed by atoms with van der Waals surface area (Å²) in [4.78, 5) is 0. The second-order valence-electron chi connectivity index (χ2n) is 6.02. The molecule has 3 aromatic carbocycles. The fraction of sp³-hybridized carbons (Fsp3) is 0.0833. The van der Waals surface area contributed by atoms with Crippen LogP contribution in [0.2, 0.25) is 0 Å². The van der Waals surface area contributed by atoms with E-state index in [1.165, 1.54) is 12.1 Å². The Hall–Kier alpha value is -3.36. The maximum absolute atomic E-state index is 14.2. The van der Waals surface area contributed by atoms with Gasteiger partial charge in [-0.1, -0.05) is 47.4 Å². The summed E-state index contributed by atoms with van der Waals surface area (Å²) in [6.07, 6.45) is 0. The van der Waals surface area contributed by atoms with Crippen LogP contribution in [0.15, 0.2) is 60.7 Å². The van der Waals surface area contributed by atoms with Gasteiger partial charge in [0, 0.05) is 16.7 Å². The molecule has 26 heavy (non-hydrogen) atoms. The Labute approximate surface area is 152 Å². The van der Waals surface area contributed by atoms with Gasteiger partial charge in [0.1, 0.15) is 11.6 Å². The fourth-order valence-corrected chi connectivity index (χ4v) is 2.29. The fourth-order valence-electron chi connectivity index (χ4n) is 2.29. The minimum absolute atomic E-state index is 0.256. The monoisotopic (exact) mass is 342 g/mol. The third-order valence-corrected chi connectivity index (χ3v) is 3.89. The van der Waals surface area contributed by atoms with E-state index in [1.807, 2.05) is 31.2 Å². The van der Waals surface area contributed by atoms with Crippen LogP contribution in [0.1, 0.15) is 33.4 Å². The number of benzene rings is 3. The number of halogens is 2. The van der Waals surface area contributed by atoms with Gasteiger partial charge in [0.15, 0.2) is 0 Å². The molecule has 0 amide bonds. The maximum atomic E-state index is 14.2. The number of aryl methyl sites for hydroxylation is 2. The molecule has 0 spiro atoms. The number of hydrogen-bond acceptors (Lipinski definition) is 0. The predicted molar refractivity (Wildman–Crippen MR) is 101 cm³/mol. The average molecular weight is 342 g/mol. The Morgan fingerprint density at radius 3 is 1.77 bits per heavy atom. The van der Waals surface area contributed by atoms with Crippen LogP contribution in [0, 0.1) is 49.2 Å². The van der Waals surface area contributed by atoms with Crippen molar-refractivity contribution in [1.29, 1.82) is 0 Å². The quantitative estimate of drug-likeness (QED) is 0.481. The number of rotatable bonds is 0. The van der Waals surface area contributed by atoms with E-state index in [1.54, 1.807) is 31.2 Å². The van der Waals surface area contributed by atoms with E-state index in [0.717, 1.165) is 11.1 Å². The van der Waals surface area contributed by atoms with Gasteiger partial charge >= 0.3 is 0 Å². The molecule has 0 N–H and O–H groups in total. The zero-order valence-corrected chi connectivity index (χ0v) is 14.5. The van der Waals surface area contributed by atoms with Crippen LogP contribution in [-0.2, 0) is 0 Å². The predicted octanol–water partition coefficient (Wildman–Crippen LogP) is 5.38. The molecule has 126 valence electrons. The molecule has 0 saturated carbocycles. The molecule has 0 radical (unpaired) electrons. The van der Waals surface area contributed by atoms with Crippen molar-refractivity contribution in [1.82, 2.24) is 0 Å². The normalized spacial score (nSPS) is 9.69. The highest BCUT2D eigenvalue weighted by Crippen LogP contribution is 2.11. The summed E-state index contributed by atoms with van der Waals surface area (Å²) >= 11 is 0. The lowest BCUT2D eigenvalue weighted by Gasteiger charge is -1.97. The van der Waals surface area contributed by atoms with Crippen LogP contribution >= 0.6 is 0 Å². The molecule has 3 aromatic rings. The molecule has 0 unspecified atom stereocenters. The van der Waals surface area contributed by atoms with Gasteiger partial charge in [0.05, 0.1) is 5.56 Å². The first-order chi connectivity index (χ1) is 12.5. The molecule has 0 aromatic heterocycles. The molecule has 3 rings (SSSR count). The standard InChI is InChI=1S/C24H16F2/c1-17-3-6-19(7-4-17)9-10-21-12-14-22(24(26)16-21)13-11-20-8-5-18(2)23(25)15-20/h3-8,12,14-16H,1-2H3. The second kappa shape index (κ2) is 7.68. The second-order valence-corrected chi connectivity index (χ2v) is 6.02. The Morgan fingerprint density at radius 2 is 1.12 bits per heavy atom. The number of hydrogen-bond donors (Lipinski definition) is 0. The molecule has 0 fully saturated rings. The van der Waals surface area contributed by atoms with Gasteiger partial charge in [-0.05, 0) is 61.9 Å². The highest BCUT2D eigenvalue weighted by molar-refractivity contribution is 5.49. The summed E-state index contributed by atoms with van der Waals surface area (Å²) in [5.41, 5.74) is 3.94. The molecule has 0 saturated heterocycles. The average Bonchev–Trinajstić information content (AvgIpc) is 2.63. The van der Waals surface area contributed by atoms with Gasteiger partial charge in [-0.2, -0.15) is 0 Å². The Bertz CT molecular complexity index is 1070. The highest BCUT2D eigenvalue weighted by atomic mass is 19.1. The van der Waals surface area contributed by atoms with Gasteiger partial charge in [-0.3, -0.25) is 0 Å².